The summed E-state index contributed by atoms with van der Waals surface area (Å²) in [4.78, 5) is 11.8. The topological polar surface area (TPSA) is 52.3 Å². The van der Waals surface area contributed by atoms with Gasteiger partial charge in [-0.05, 0) is 44.9 Å². The number of rotatable bonds is 2. The highest BCUT2D eigenvalue weighted by Gasteiger charge is 2.23. The normalized spacial score (nSPS) is 11.4. The van der Waals surface area contributed by atoms with Gasteiger partial charge in [0.05, 0.1) is 0 Å². The maximum absolute atomic E-state index is 13.7. The fourth-order valence-electron chi connectivity index (χ4n) is 1.43. The molecule has 2 N–H and O–H groups in total. The molecular formula is C13H18FNO2. The van der Waals surface area contributed by atoms with E-state index < -0.39 is 17.4 Å². The quantitative estimate of drug-likeness (QED) is 0.637. The summed E-state index contributed by atoms with van der Waals surface area (Å²) in [6.45, 7) is 7.06. The van der Waals surface area contributed by atoms with E-state index in [0.717, 1.165) is 5.56 Å². The Hall–Kier alpha value is -1.58. The number of hydrogen-bond acceptors (Lipinski definition) is 3. The van der Waals surface area contributed by atoms with Crippen LogP contribution in [0.15, 0.2) is 12.1 Å². The molecule has 0 aliphatic rings. The number of halogens is 1. The first kappa shape index (κ1) is 13.5. The SMILES string of the molecule is CCc1cc(N)c(C(=O)OC(C)(C)C)c(F)c1. The molecule has 4 heteroatoms. The molecule has 0 saturated heterocycles. The summed E-state index contributed by atoms with van der Waals surface area (Å²) >= 11 is 0. The molecule has 0 aliphatic carbocycles. The lowest BCUT2D eigenvalue weighted by Crippen LogP contribution is -2.25. The second-order valence-corrected chi connectivity index (χ2v) is 4.90. The van der Waals surface area contributed by atoms with Crippen LogP contribution in [0, 0.1) is 5.82 Å². The number of hydrogen-bond donors (Lipinski definition) is 1. The number of carbonyl (C=O) groups excluding carboxylic acids is 1. The van der Waals surface area contributed by atoms with E-state index in [0.29, 0.717) is 6.42 Å². The van der Waals surface area contributed by atoms with Crippen LogP contribution in [-0.2, 0) is 11.2 Å². The van der Waals surface area contributed by atoms with Crippen LogP contribution in [0.3, 0.4) is 0 Å². The molecule has 0 fully saturated rings. The third-order valence-corrected chi connectivity index (χ3v) is 2.19. The lowest BCUT2D eigenvalue weighted by Gasteiger charge is -2.20. The number of ether oxygens (including phenoxy) is 1. The van der Waals surface area contributed by atoms with Gasteiger partial charge in [-0.1, -0.05) is 6.92 Å². The molecule has 1 rings (SSSR count). The van der Waals surface area contributed by atoms with Crippen molar-refractivity contribution in [1.29, 1.82) is 0 Å². The van der Waals surface area contributed by atoms with Gasteiger partial charge < -0.3 is 10.5 Å². The van der Waals surface area contributed by atoms with E-state index in [2.05, 4.69) is 0 Å². The monoisotopic (exact) mass is 239 g/mol. The van der Waals surface area contributed by atoms with Crippen molar-refractivity contribution in [3.63, 3.8) is 0 Å². The number of nitrogen functional groups attached to an aromatic ring is 1. The number of benzene rings is 1. The Morgan fingerprint density at radius 2 is 2.00 bits per heavy atom. The zero-order valence-electron chi connectivity index (χ0n) is 10.6. The molecule has 1 aromatic carbocycles. The van der Waals surface area contributed by atoms with E-state index in [1.165, 1.54) is 6.07 Å². The van der Waals surface area contributed by atoms with Gasteiger partial charge in [-0.3, -0.25) is 0 Å². The molecule has 0 saturated carbocycles. The standard InChI is InChI=1S/C13H18FNO2/c1-5-8-6-9(14)11(10(15)7-8)12(16)17-13(2,3)4/h6-7H,5,15H2,1-4H3. The predicted octanol–water partition coefficient (Wildman–Crippen LogP) is 2.93. The van der Waals surface area contributed by atoms with E-state index in [1.54, 1.807) is 26.8 Å². The molecule has 1 aromatic rings. The fourth-order valence-corrected chi connectivity index (χ4v) is 1.43. The first-order valence-corrected chi connectivity index (χ1v) is 5.56. The zero-order valence-corrected chi connectivity index (χ0v) is 10.6. The Kier molecular flexibility index (Phi) is 3.76. The van der Waals surface area contributed by atoms with Gasteiger partial charge in [-0.25, -0.2) is 9.18 Å². The summed E-state index contributed by atoms with van der Waals surface area (Å²) in [5.74, 6) is -1.36. The summed E-state index contributed by atoms with van der Waals surface area (Å²) in [7, 11) is 0. The number of carbonyl (C=O) groups is 1. The van der Waals surface area contributed by atoms with Crippen molar-refractivity contribution in [2.24, 2.45) is 0 Å². The molecule has 3 nitrogen and oxygen atoms in total. The smallest absolute Gasteiger partial charge is 0.343 e. The molecule has 0 amide bonds. The summed E-state index contributed by atoms with van der Waals surface area (Å²) in [5.41, 5.74) is 5.70. The first-order valence-electron chi connectivity index (χ1n) is 5.56. The summed E-state index contributed by atoms with van der Waals surface area (Å²) in [5, 5.41) is 0. The van der Waals surface area contributed by atoms with Gasteiger partial charge in [-0.2, -0.15) is 0 Å². The van der Waals surface area contributed by atoms with Gasteiger partial charge in [0.2, 0.25) is 0 Å². The number of anilines is 1. The summed E-state index contributed by atoms with van der Waals surface area (Å²) in [6, 6.07) is 2.91. The lowest BCUT2D eigenvalue weighted by atomic mass is 10.1. The second-order valence-electron chi connectivity index (χ2n) is 4.90. The Morgan fingerprint density at radius 3 is 2.41 bits per heavy atom. The predicted molar refractivity (Wildman–Crippen MR) is 65.4 cm³/mol. The minimum Gasteiger partial charge on any atom is -0.456 e. The first-order chi connectivity index (χ1) is 7.74. The molecule has 0 unspecified atom stereocenters. The van der Waals surface area contributed by atoms with E-state index in [4.69, 9.17) is 10.5 Å². The molecule has 17 heavy (non-hydrogen) atoms. The van der Waals surface area contributed by atoms with E-state index in [9.17, 15) is 9.18 Å². The van der Waals surface area contributed by atoms with Crippen molar-refractivity contribution in [1.82, 2.24) is 0 Å². The number of esters is 1. The van der Waals surface area contributed by atoms with Gasteiger partial charge in [0.15, 0.2) is 0 Å². The van der Waals surface area contributed by atoms with Crippen LogP contribution in [0.2, 0.25) is 0 Å². The van der Waals surface area contributed by atoms with Crippen molar-refractivity contribution < 1.29 is 13.9 Å². The maximum Gasteiger partial charge on any atom is 0.343 e. The highest BCUT2D eigenvalue weighted by molar-refractivity contribution is 5.95. The van der Waals surface area contributed by atoms with Crippen LogP contribution in [0.5, 0.6) is 0 Å². The van der Waals surface area contributed by atoms with Gasteiger partial charge in [0.1, 0.15) is 17.0 Å². The lowest BCUT2D eigenvalue weighted by molar-refractivity contribution is 0.00661. The van der Waals surface area contributed by atoms with Crippen molar-refractivity contribution in [2.45, 2.75) is 39.7 Å². The van der Waals surface area contributed by atoms with Gasteiger partial charge in [0.25, 0.3) is 0 Å². The van der Waals surface area contributed by atoms with Crippen molar-refractivity contribution in [3.05, 3.63) is 29.1 Å². The zero-order chi connectivity index (χ0) is 13.2. The highest BCUT2D eigenvalue weighted by atomic mass is 19.1. The molecule has 0 atom stereocenters. The Balaban J connectivity index is 3.10. The molecule has 0 bridgehead atoms. The molecule has 0 radical (unpaired) electrons. The summed E-state index contributed by atoms with van der Waals surface area (Å²) in [6.07, 6.45) is 0.662. The Labute approximate surface area is 101 Å². The molecular weight excluding hydrogens is 221 g/mol. The fraction of sp³-hybridized carbons (Fsp3) is 0.462. The molecule has 0 heterocycles. The van der Waals surface area contributed by atoms with Crippen LogP contribution in [0.4, 0.5) is 10.1 Å². The minimum absolute atomic E-state index is 0.121. The third-order valence-electron chi connectivity index (χ3n) is 2.19. The molecule has 0 aromatic heterocycles. The number of nitrogens with two attached hydrogens (primary N) is 1. The highest BCUT2D eigenvalue weighted by Crippen LogP contribution is 2.22. The van der Waals surface area contributed by atoms with Crippen LogP contribution >= 0.6 is 0 Å². The maximum atomic E-state index is 13.7. The van der Waals surface area contributed by atoms with E-state index in [-0.39, 0.29) is 11.3 Å². The minimum atomic E-state index is -0.727. The van der Waals surface area contributed by atoms with Gasteiger partial charge >= 0.3 is 5.97 Å². The van der Waals surface area contributed by atoms with Crippen LogP contribution in [-0.4, -0.2) is 11.6 Å². The van der Waals surface area contributed by atoms with Crippen LogP contribution < -0.4 is 5.73 Å². The molecule has 0 spiro atoms. The van der Waals surface area contributed by atoms with Crippen LogP contribution in [0.1, 0.15) is 43.6 Å². The third kappa shape index (κ3) is 3.44. The largest absolute Gasteiger partial charge is 0.456 e. The Morgan fingerprint density at radius 1 is 1.41 bits per heavy atom. The van der Waals surface area contributed by atoms with Crippen LogP contribution in [0.25, 0.3) is 0 Å². The van der Waals surface area contributed by atoms with Crippen molar-refractivity contribution >= 4 is 11.7 Å². The average Bonchev–Trinajstić information content (AvgIpc) is 2.13. The Bertz CT molecular complexity index is 413. The van der Waals surface area contributed by atoms with Crippen molar-refractivity contribution in [3.8, 4) is 0 Å². The molecule has 94 valence electrons. The molecule has 0 aliphatic heterocycles. The van der Waals surface area contributed by atoms with Gasteiger partial charge in [0, 0.05) is 5.69 Å². The van der Waals surface area contributed by atoms with Gasteiger partial charge in [-0.15, -0.1) is 0 Å². The second kappa shape index (κ2) is 4.73. The average molecular weight is 239 g/mol. The van der Waals surface area contributed by atoms with E-state index >= 15 is 0 Å². The number of aryl methyl sites for hydroxylation is 1. The summed E-state index contributed by atoms with van der Waals surface area (Å²) < 4.78 is 18.8. The van der Waals surface area contributed by atoms with E-state index in [1.807, 2.05) is 6.92 Å². The van der Waals surface area contributed by atoms with Crippen molar-refractivity contribution in [2.75, 3.05) is 5.73 Å².